The van der Waals surface area contributed by atoms with Gasteiger partial charge in [0, 0.05) is 29.7 Å². The number of carbonyl (C=O) groups is 1. The van der Waals surface area contributed by atoms with Crippen molar-refractivity contribution in [2.75, 3.05) is 7.05 Å². The van der Waals surface area contributed by atoms with Crippen LogP contribution in [0.2, 0.25) is 0 Å². The van der Waals surface area contributed by atoms with E-state index in [-0.39, 0.29) is 11.9 Å². The van der Waals surface area contributed by atoms with E-state index in [0.717, 1.165) is 18.5 Å². The number of nitrogens with zero attached hydrogens (tertiary/aromatic N) is 1. The summed E-state index contributed by atoms with van der Waals surface area (Å²) in [6.45, 7) is 5.30. The van der Waals surface area contributed by atoms with E-state index in [2.05, 4.69) is 35.8 Å². The number of rotatable bonds is 6. The molecule has 0 aliphatic heterocycles. The van der Waals surface area contributed by atoms with Crippen LogP contribution in [0.5, 0.6) is 0 Å². The highest BCUT2D eigenvalue weighted by atomic mass is 16.2. The van der Waals surface area contributed by atoms with E-state index in [1.807, 2.05) is 30.8 Å². The van der Waals surface area contributed by atoms with Gasteiger partial charge in [0.25, 0.3) is 0 Å². The lowest BCUT2D eigenvalue weighted by Gasteiger charge is -2.12. The largest absolute Gasteiger partial charge is 0.352 e. The molecule has 0 fully saturated rings. The molecular formula is C16H23N3O. The number of hydrogen-bond donors (Lipinski definition) is 2. The van der Waals surface area contributed by atoms with Gasteiger partial charge in [0.15, 0.2) is 0 Å². The molecule has 0 radical (unpaired) electrons. The molecular weight excluding hydrogens is 250 g/mol. The molecule has 0 spiro atoms. The molecule has 108 valence electrons. The Balaban J connectivity index is 2.19. The lowest BCUT2D eigenvalue weighted by Crippen LogP contribution is -2.34. The zero-order valence-corrected chi connectivity index (χ0v) is 12.4. The molecule has 0 saturated carbocycles. The number of carbonyl (C=O) groups excluding carboxylic acids is 1. The van der Waals surface area contributed by atoms with E-state index in [4.69, 9.17) is 0 Å². The quantitative estimate of drug-likeness (QED) is 0.848. The zero-order chi connectivity index (χ0) is 14.5. The van der Waals surface area contributed by atoms with Gasteiger partial charge in [-0.15, -0.1) is 0 Å². The number of hydrogen-bond acceptors (Lipinski definition) is 2. The number of fused-ring (bicyclic) bond motifs is 1. The maximum absolute atomic E-state index is 12.0. The highest BCUT2D eigenvalue weighted by Crippen LogP contribution is 2.20. The van der Waals surface area contributed by atoms with E-state index in [0.29, 0.717) is 6.54 Å². The maximum Gasteiger partial charge on any atom is 0.240 e. The van der Waals surface area contributed by atoms with Gasteiger partial charge in [-0.05, 0) is 38.1 Å². The van der Waals surface area contributed by atoms with Crippen LogP contribution in [0.1, 0.15) is 25.8 Å². The normalized spacial score (nSPS) is 12.6. The summed E-state index contributed by atoms with van der Waals surface area (Å²) in [5.41, 5.74) is 2.36. The molecule has 1 atom stereocenters. The predicted octanol–water partition coefficient (Wildman–Crippen LogP) is 2.28. The molecule has 1 amide bonds. The third kappa shape index (κ3) is 3.20. The van der Waals surface area contributed by atoms with Crippen molar-refractivity contribution in [2.45, 2.75) is 39.4 Å². The van der Waals surface area contributed by atoms with Gasteiger partial charge in [-0.2, -0.15) is 0 Å². The zero-order valence-electron chi connectivity index (χ0n) is 12.4. The fourth-order valence-corrected chi connectivity index (χ4v) is 2.35. The van der Waals surface area contributed by atoms with Crippen molar-refractivity contribution in [1.29, 1.82) is 0 Å². The minimum Gasteiger partial charge on any atom is -0.352 e. The Labute approximate surface area is 120 Å². The number of aromatic nitrogens is 1. The molecule has 1 aromatic heterocycles. The minimum absolute atomic E-state index is 0.0656. The number of nitrogens with one attached hydrogen (secondary N) is 2. The van der Waals surface area contributed by atoms with Gasteiger partial charge in [0.2, 0.25) is 5.91 Å². The first-order valence-corrected chi connectivity index (χ1v) is 7.16. The summed E-state index contributed by atoms with van der Waals surface area (Å²) in [5, 5.41) is 7.38. The monoisotopic (exact) mass is 273 g/mol. The highest BCUT2D eigenvalue weighted by Gasteiger charge is 2.09. The first-order valence-electron chi connectivity index (χ1n) is 7.16. The van der Waals surface area contributed by atoms with Gasteiger partial charge in [-0.25, -0.2) is 0 Å². The third-order valence-corrected chi connectivity index (χ3v) is 3.60. The Kier molecular flexibility index (Phi) is 4.79. The summed E-state index contributed by atoms with van der Waals surface area (Å²) in [4.78, 5) is 12.0. The van der Waals surface area contributed by atoms with Crippen LogP contribution in [0.3, 0.4) is 0 Å². The van der Waals surface area contributed by atoms with Gasteiger partial charge in [-0.1, -0.05) is 19.1 Å². The molecule has 2 aromatic rings. The van der Waals surface area contributed by atoms with Crippen LogP contribution in [-0.4, -0.2) is 23.6 Å². The van der Waals surface area contributed by atoms with Gasteiger partial charge in [0.05, 0.1) is 0 Å². The van der Waals surface area contributed by atoms with Crippen molar-refractivity contribution in [3.8, 4) is 0 Å². The smallest absolute Gasteiger partial charge is 0.240 e. The number of benzene rings is 1. The Hall–Kier alpha value is -1.81. The lowest BCUT2D eigenvalue weighted by molar-refractivity contribution is -0.122. The fraction of sp³-hybridized carbons (Fsp3) is 0.438. The summed E-state index contributed by atoms with van der Waals surface area (Å²) in [5.74, 6) is 0.0656. The lowest BCUT2D eigenvalue weighted by atomic mass is 10.1. The van der Waals surface area contributed by atoms with Crippen LogP contribution >= 0.6 is 0 Å². The van der Waals surface area contributed by atoms with Gasteiger partial charge >= 0.3 is 0 Å². The molecule has 2 N–H and O–H groups in total. The second-order valence-electron chi connectivity index (χ2n) is 5.20. The number of amides is 1. The average molecular weight is 273 g/mol. The molecule has 20 heavy (non-hydrogen) atoms. The molecule has 0 aliphatic rings. The van der Waals surface area contributed by atoms with Crippen LogP contribution in [0.15, 0.2) is 30.5 Å². The van der Waals surface area contributed by atoms with E-state index in [9.17, 15) is 4.79 Å². The second-order valence-corrected chi connectivity index (χ2v) is 5.20. The van der Waals surface area contributed by atoms with Gasteiger partial charge in [0.1, 0.15) is 6.54 Å². The Morgan fingerprint density at radius 1 is 1.35 bits per heavy atom. The highest BCUT2D eigenvalue weighted by molar-refractivity contribution is 5.86. The van der Waals surface area contributed by atoms with Crippen LogP contribution in [0.25, 0.3) is 10.9 Å². The van der Waals surface area contributed by atoms with Crippen molar-refractivity contribution >= 4 is 16.8 Å². The molecule has 1 heterocycles. The van der Waals surface area contributed by atoms with Crippen LogP contribution < -0.4 is 10.6 Å². The molecule has 2 rings (SSSR count). The molecule has 0 bridgehead atoms. The molecule has 1 unspecified atom stereocenters. The van der Waals surface area contributed by atoms with Crippen LogP contribution in [0, 0.1) is 0 Å². The molecule has 0 saturated heterocycles. The van der Waals surface area contributed by atoms with Crippen LogP contribution in [-0.2, 0) is 17.9 Å². The van der Waals surface area contributed by atoms with Crippen molar-refractivity contribution in [3.05, 3.63) is 36.0 Å². The summed E-state index contributed by atoms with van der Waals surface area (Å²) in [6.07, 6.45) is 2.94. The van der Waals surface area contributed by atoms with E-state index >= 15 is 0 Å². The first kappa shape index (κ1) is 14.6. The molecule has 4 heteroatoms. The first-order chi connectivity index (χ1) is 9.65. The SMILES string of the molecule is CCC(C)NC(=O)Cn1ccc2c(CNC)cccc21. The van der Waals surface area contributed by atoms with Crippen molar-refractivity contribution in [2.24, 2.45) is 0 Å². The Bertz CT molecular complexity index is 588. The standard InChI is InChI=1S/C16H23N3O/c1-4-12(2)18-16(20)11-19-9-8-14-13(10-17-3)6-5-7-15(14)19/h5-9,12,17H,4,10-11H2,1-3H3,(H,18,20). The summed E-state index contributed by atoms with van der Waals surface area (Å²) < 4.78 is 2.01. The van der Waals surface area contributed by atoms with Crippen molar-refractivity contribution < 1.29 is 4.79 Å². The molecule has 1 aromatic carbocycles. The molecule has 4 nitrogen and oxygen atoms in total. The Morgan fingerprint density at radius 2 is 2.15 bits per heavy atom. The van der Waals surface area contributed by atoms with Crippen molar-refractivity contribution in [1.82, 2.24) is 15.2 Å². The summed E-state index contributed by atoms with van der Waals surface area (Å²) >= 11 is 0. The minimum atomic E-state index is 0.0656. The maximum atomic E-state index is 12.0. The average Bonchev–Trinajstić information content (AvgIpc) is 2.83. The van der Waals surface area contributed by atoms with Gasteiger partial charge < -0.3 is 15.2 Å². The van der Waals surface area contributed by atoms with E-state index in [1.165, 1.54) is 10.9 Å². The third-order valence-electron chi connectivity index (χ3n) is 3.60. The van der Waals surface area contributed by atoms with Crippen LogP contribution in [0.4, 0.5) is 0 Å². The van der Waals surface area contributed by atoms with Gasteiger partial charge in [-0.3, -0.25) is 4.79 Å². The summed E-state index contributed by atoms with van der Waals surface area (Å²) in [7, 11) is 1.94. The second kappa shape index (κ2) is 6.57. The topological polar surface area (TPSA) is 46.1 Å². The summed E-state index contributed by atoms with van der Waals surface area (Å²) in [6, 6.07) is 8.52. The van der Waals surface area contributed by atoms with E-state index < -0.39 is 0 Å². The van der Waals surface area contributed by atoms with E-state index in [1.54, 1.807) is 0 Å². The predicted molar refractivity (Wildman–Crippen MR) is 82.6 cm³/mol. The Morgan fingerprint density at radius 3 is 2.85 bits per heavy atom. The van der Waals surface area contributed by atoms with Crippen molar-refractivity contribution in [3.63, 3.8) is 0 Å². The fourth-order valence-electron chi connectivity index (χ4n) is 2.35. The molecule has 0 aliphatic carbocycles.